The van der Waals surface area contributed by atoms with Gasteiger partial charge in [-0.25, -0.2) is 0 Å². The molecule has 0 aromatic heterocycles. The number of carbonyl (C=O) groups is 1. The highest BCUT2D eigenvalue weighted by Gasteiger charge is 2.06. The summed E-state index contributed by atoms with van der Waals surface area (Å²) >= 11 is 0. The molecule has 0 saturated heterocycles. The summed E-state index contributed by atoms with van der Waals surface area (Å²) in [6.45, 7) is 0.172. The van der Waals surface area contributed by atoms with Gasteiger partial charge in [-0.3, -0.25) is 4.79 Å². The second-order valence-corrected chi connectivity index (χ2v) is 2.57. The van der Waals surface area contributed by atoms with E-state index in [1.165, 1.54) is 0 Å². The van der Waals surface area contributed by atoms with Gasteiger partial charge in [0, 0.05) is 12.2 Å². The molecule has 0 unspecified atom stereocenters. The molecule has 0 atom stereocenters. The number of carbonyl (C=O) groups excluding carboxylic acids is 1. The third kappa shape index (κ3) is 2.45. The summed E-state index contributed by atoms with van der Waals surface area (Å²) in [6.07, 6.45) is 0. The summed E-state index contributed by atoms with van der Waals surface area (Å²) in [5.41, 5.74) is 6.45. The zero-order chi connectivity index (χ0) is 9.68. The number of amides is 1. The SMILES string of the molecule is Nc1ccccc1C(=O)NCCO. The van der Waals surface area contributed by atoms with Crippen molar-refractivity contribution in [3.8, 4) is 0 Å². The molecule has 0 aliphatic rings. The van der Waals surface area contributed by atoms with Crippen molar-refractivity contribution in [1.82, 2.24) is 5.32 Å². The average Bonchev–Trinajstić information content (AvgIpc) is 2.15. The number of nitrogen functional groups attached to an aromatic ring is 1. The third-order valence-electron chi connectivity index (χ3n) is 1.60. The van der Waals surface area contributed by atoms with E-state index in [9.17, 15) is 4.79 Å². The van der Waals surface area contributed by atoms with E-state index in [2.05, 4.69) is 5.32 Å². The maximum Gasteiger partial charge on any atom is 0.253 e. The molecular formula is C9H12N2O2. The first kappa shape index (κ1) is 9.54. The molecule has 13 heavy (non-hydrogen) atoms. The van der Waals surface area contributed by atoms with Gasteiger partial charge in [0.05, 0.1) is 12.2 Å². The van der Waals surface area contributed by atoms with Gasteiger partial charge in [-0.2, -0.15) is 0 Å². The normalized spacial score (nSPS) is 9.62. The number of nitrogens with two attached hydrogens (primary N) is 1. The molecule has 4 nitrogen and oxygen atoms in total. The van der Waals surface area contributed by atoms with Crippen LogP contribution >= 0.6 is 0 Å². The van der Waals surface area contributed by atoms with Crippen molar-refractivity contribution in [1.29, 1.82) is 0 Å². The van der Waals surface area contributed by atoms with Crippen molar-refractivity contribution in [2.45, 2.75) is 0 Å². The predicted octanol–water partition coefficient (Wildman–Crippen LogP) is -0.00910. The maximum absolute atomic E-state index is 11.3. The highest BCUT2D eigenvalue weighted by atomic mass is 16.3. The Kier molecular flexibility index (Phi) is 3.28. The summed E-state index contributed by atoms with van der Waals surface area (Å²) in [5, 5.41) is 11.0. The molecule has 0 bridgehead atoms. The van der Waals surface area contributed by atoms with E-state index >= 15 is 0 Å². The lowest BCUT2D eigenvalue weighted by molar-refractivity contribution is 0.0945. The zero-order valence-electron chi connectivity index (χ0n) is 7.16. The van der Waals surface area contributed by atoms with E-state index < -0.39 is 0 Å². The Balaban J connectivity index is 2.71. The van der Waals surface area contributed by atoms with Gasteiger partial charge in [0.15, 0.2) is 0 Å². The number of nitrogens with one attached hydrogen (secondary N) is 1. The van der Waals surface area contributed by atoms with Gasteiger partial charge in [-0.1, -0.05) is 12.1 Å². The van der Waals surface area contributed by atoms with E-state index in [1.54, 1.807) is 24.3 Å². The van der Waals surface area contributed by atoms with Gasteiger partial charge < -0.3 is 16.2 Å². The van der Waals surface area contributed by atoms with Gasteiger partial charge in [0.1, 0.15) is 0 Å². The minimum atomic E-state index is -0.257. The summed E-state index contributed by atoms with van der Waals surface area (Å²) in [6, 6.07) is 6.80. The van der Waals surface area contributed by atoms with Crippen molar-refractivity contribution < 1.29 is 9.90 Å². The standard InChI is InChI=1S/C9H12N2O2/c10-8-4-2-1-3-7(8)9(13)11-5-6-12/h1-4,12H,5-6,10H2,(H,11,13). The summed E-state index contributed by atoms with van der Waals surface area (Å²) in [5.74, 6) is -0.257. The molecule has 0 aliphatic heterocycles. The molecule has 0 radical (unpaired) electrons. The van der Waals surface area contributed by atoms with E-state index in [4.69, 9.17) is 10.8 Å². The number of para-hydroxylation sites is 1. The molecule has 1 aromatic rings. The van der Waals surface area contributed by atoms with E-state index in [-0.39, 0.29) is 19.1 Å². The topological polar surface area (TPSA) is 75.4 Å². The van der Waals surface area contributed by atoms with Crippen molar-refractivity contribution >= 4 is 11.6 Å². The summed E-state index contributed by atoms with van der Waals surface area (Å²) < 4.78 is 0. The first-order valence-corrected chi connectivity index (χ1v) is 3.99. The Morgan fingerprint density at radius 3 is 2.77 bits per heavy atom. The number of anilines is 1. The van der Waals surface area contributed by atoms with Gasteiger partial charge >= 0.3 is 0 Å². The first-order valence-electron chi connectivity index (χ1n) is 3.99. The molecular weight excluding hydrogens is 168 g/mol. The summed E-state index contributed by atoms with van der Waals surface area (Å²) in [4.78, 5) is 11.3. The fourth-order valence-electron chi connectivity index (χ4n) is 0.968. The van der Waals surface area contributed by atoms with Crippen molar-refractivity contribution in [2.75, 3.05) is 18.9 Å². The Bertz CT molecular complexity index is 299. The second kappa shape index (κ2) is 4.47. The number of rotatable bonds is 3. The number of aliphatic hydroxyl groups is 1. The minimum Gasteiger partial charge on any atom is -0.398 e. The molecule has 4 N–H and O–H groups in total. The molecule has 70 valence electrons. The van der Waals surface area contributed by atoms with E-state index in [1.807, 2.05) is 0 Å². The number of aliphatic hydroxyl groups excluding tert-OH is 1. The van der Waals surface area contributed by atoms with Crippen LogP contribution in [-0.4, -0.2) is 24.2 Å². The molecule has 1 rings (SSSR count). The lowest BCUT2D eigenvalue weighted by Gasteiger charge is -2.04. The van der Waals surface area contributed by atoms with E-state index in [0.29, 0.717) is 11.3 Å². The number of benzene rings is 1. The van der Waals surface area contributed by atoms with E-state index in [0.717, 1.165) is 0 Å². The van der Waals surface area contributed by atoms with Crippen LogP contribution in [-0.2, 0) is 0 Å². The zero-order valence-corrected chi connectivity index (χ0v) is 7.16. The molecule has 4 heteroatoms. The lowest BCUT2D eigenvalue weighted by Crippen LogP contribution is -2.27. The number of hydrogen-bond donors (Lipinski definition) is 3. The highest BCUT2D eigenvalue weighted by molar-refractivity contribution is 5.98. The van der Waals surface area contributed by atoms with Crippen LogP contribution < -0.4 is 11.1 Å². The van der Waals surface area contributed by atoms with Crippen LogP contribution in [0.1, 0.15) is 10.4 Å². The van der Waals surface area contributed by atoms with Gasteiger partial charge in [-0.15, -0.1) is 0 Å². The largest absolute Gasteiger partial charge is 0.398 e. The Morgan fingerprint density at radius 1 is 1.46 bits per heavy atom. The van der Waals surface area contributed by atoms with Crippen LogP contribution in [0.2, 0.25) is 0 Å². The Labute approximate surface area is 76.4 Å². The van der Waals surface area contributed by atoms with Crippen LogP contribution in [0.5, 0.6) is 0 Å². The molecule has 0 heterocycles. The quantitative estimate of drug-likeness (QED) is 0.573. The average molecular weight is 180 g/mol. The fraction of sp³-hybridized carbons (Fsp3) is 0.222. The van der Waals surface area contributed by atoms with Crippen LogP contribution in [0.25, 0.3) is 0 Å². The van der Waals surface area contributed by atoms with Gasteiger partial charge in [0.2, 0.25) is 0 Å². The predicted molar refractivity (Wildman–Crippen MR) is 50.3 cm³/mol. The minimum absolute atomic E-state index is 0.0710. The first-order chi connectivity index (χ1) is 6.25. The third-order valence-corrected chi connectivity index (χ3v) is 1.60. The molecule has 0 saturated carbocycles. The van der Waals surface area contributed by atoms with Crippen LogP contribution in [0.15, 0.2) is 24.3 Å². The van der Waals surface area contributed by atoms with Crippen molar-refractivity contribution in [2.24, 2.45) is 0 Å². The van der Waals surface area contributed by atoms with Crippen LogP contribution in [0.3, 0.4) is 0 Å². The molecule has 1 amide bonds. The smallest absolute Gasteiger partial charge is 0.253 e. The fourth-order valence-corrected chi connectivity index (χ4v) is 0.968. The molecule has 1 aromatic carbocycles. The lowest BCUT2D eigenvalue weighted by atomic mass is 10.2. The van der Waals surface area contributed by atoms with Crippen molar-refractivity contribution in [3.63, 3.8) is 0 Å². The highest BCUT2D eigenvalue weighted by Crippen LogP contribution is 2.09. The van der Waals surface area contributed by atoms with Crippen LogP contribution in [0, 0.1) is 0 Å². The summed E-state index contributed by atoms with van der Waals surface area (Å²) in [7, 11) is 0. The van der Waals surface area contributed by atoms with Crippen LogP contribution in [0.4, 0.5) is 5.69 Å². The maximum atomic E-state index is 11.3. The Morgan fingerprint density at radius 2 is 2.15 bits per heavy atom. The second-order valence-electron chi connectivity index (χ2n) is 2.57. The van der Waals surface area contributed by atoms with Gasteiger partial charge in [-0.05, 0) is 12.1 Å². The Hall–Kier alpha value is -1.55. The molecule has 0 spiro atoms. The molecule has 0 fully saturated rings. The molecule has 0 aliphatic carbocycles. The van der Waals surface area contributed by atoms with Gasteiger partial charge in [0.25, 0.3) is 5.91 Å². The monoisotopic (exact) mass is 180 g/mol. The van der Waals surface area contributed by atoms with Crippen molar-refractivity contribution in [3.05, 3.63) is 29.8 Å². The number of hydrogen-bond acceptors (Lipinski definition) is 3.